The summed E-state index contributed by atoms with van der Waals surface area (Å²) in [7, 11) is 0. The van der Waals surface area contributed by atoms with E-state index in [-0.39, 0.29) is 23.2 Å². The Hall–Kier alpha value is -4.48. The SMILES string of the molecule is O=C(CCCCCCCC(=O)N/N=C\c1cccc([N+](=O)[O-])c1)N/N=C\c1cccc([N+](=O)[O-])c1. The van der Waals surface area contributed by atoms with E-state index in [1.165, 1.54) is 36.7 Å². The number of rotatable bonds is 14. The molecule has 0 saturated carbocycles. The Morgan fingerprint density at radius 2 is 1.11 bits per heavy atom. The number of nitrogens with one attached hydrogen (secondary N) is 2. The van der Waals surface area contributed by atoms with Gasteiger partial charge in [0.15, 0.2) is 0 Å². The summed E-state index contributed by atoms with van der Waals surface area (Å²) in [5, 5.41) is 29.1. The first-order chi connectivity index (χ1) is 16.8. The van der Waals surface area contributed by atoms with Gasteiger partial charge in [-0.05, 0) is 12.8 Å². The second-order valence-corrected chi connectivity index (χ2v) is 7.56. The number of hydrogen-bond donors (Lipinski definition) is 2. The smallest absolute Gasteiger partial charge is 0.270 e. The number of benzene rings is 2. The third-order valence-electron chi connectivity index (χ3n) is 4.78. The van der Waals surface area contributed by atoms with Crippen molar-refractivity contribution in [2.24, 2.45) is 10.2 Å². The first-order valence-corrected chi connectivity index (χ1v) is 11.0. The van der Waals surface area contributed by atoms with Crippen LogP contribution in [0.15, 0.2) is 58.7 Å². The normalized spacial score (nSPS) is 11.0. The summed E-state index contributed by atoms with van der Waals surface area (Å²) < 4.78 is 0. The lowest BCUT2D eigenvalue weighted by Gasteiger charge is -2.02. The minimum atomic E-state index is -0.500. The van der Waals surface area contributed by atoms with Crippen LogP contribution in [-0.4, -0.2) is 34.1 Å². The van der Waals surface area contributed by atoms with Gasteiger partial charge in [0.1, 0.15) is 0 Å². The summed E-state index contributed by atoms with van der Waals surface area (Å²) >= 11 is 0. The summed E-state index contributed by atoms with van der Waals surface area (Å²) in [5.41, 5.74) is 5.72. The van der Waals surface area contributed by atoms with Gasteiger partial charge in [0.05, 0.1) is 22.3 Å². The summed E-state index contributed by atoms with van der Waals surface area (Å²) in [6.07, 6.45) is 7.19. The second kappa shape index (κ2) is 14.6. The molecule has 0 heterocycles. The number of non-ortho nitro benzene ring substituents is 2. The van der Waals surface area contributed by atoms with Gasteiger partial charge >= 0.3 is 0 Å². The van der Waals surface area contributed by atoms with E-state index in [1.807, 2.05) is 0 Å². The van der Waals surface area contributed by atoms with E-state index in [4.69, 9.17) is 0 Å². The summed E-state index contributed by atoms with van der Waals surface area (Å²) in [6, 6.07) is 11.8. The van der Waals surface area contributed by atoms with Crippen molar-refractivity contribution in [3.63, 3.8) is 0 Å². The van der Waals surface area contributed by atoms with Crippen molar-refractivity contribution in [1.29, 1.82) is 0 Å². The number of carbonyl (C=O) groups is 2. The molecule has 2 aromatic carbocycles. The standard InChI is InChI=1S/C23H26N6O6/c30-22(26-24-16-18-8-6-10-20(14-18)28(32)33)12-4-2-1-3-5-13-23(31)27-25-17-19-9-7-11-21(15-19)29(34)35/h6-11,14-17H,1-5,12-13H2,(H,26,30)(H,27,31)/b24-16-,25-17-. The van der Waals surface area contributed by atoms with Crippen molar-refractivity contribution >= 4 is 35.6 Å². The van der Waals surface area contributed by atoms with Crippen LogP contribution in [0.1, 0.15) is 56.1 Å². The van der Waals surface area contributed by atoms with Gasteiger partial charge in [-0.1, -0.05) is 43.5 Å². The summed E-state index contributed by atoms with van der Waals surface area (Å²) in [5.74, 6) is -0.486. The van der Waals surface area contributed by atoms with Crippen molar-refractivity contribution in [3.8, 4) is 0 Å². The highest BCUT2D eigenvalue weighted by atomic mass is 16.6. The van der Waals surface area contributed by atoms with Gasteiger partial charge in [-0.25, -0.2) is 10.9 Å². The molecule has 35 heavy (non-hydrogen) atoms. The third-order valence-corrected chi connectivity index (χ3v) is 4.78. The van der Waals surface area contributed by atoms with E-state index in [0.717, 1.165) is 19.3 Å². The molecule has 0 unspecified atom stereocenters. The average Bonchev–Trinajstić information content (AvgIpc) is 2.83. The quantitative estimate of drug-likeness (QED) is 0.179. The van der Waals surface area contributed by atoms with Crippen LogP contribution >= 0.6 is 0 Å². The van der Waals surface area contributed by atoms with Crippen LogP contribution in [-0.2, 0) is 9.59 Å². The molecule has 0 bridgehead atoms. The zero-order valence-corrected chi connectivity index (χ0v) is 19.0. The molecule has 0 saturated heterocycles. The minimum absolute atomic E-state index is 0.0500. The molecule has 2 rings (SSSR count). The first-order valence-electron chi connectivity index (χ1n) is 11.0. The van der Waals surface area contributed by atoms with Crippen molar-refractivity contribution in [2.75, 3.05) is 0 Å². The number of nitrogens with zero attached hydrogens (tertiary/aromatic N) is 4. The molecule has 0 atom stereocenters. The molecule has 2 N–H and O–H groups in total. The molecule has 0 aliphatic rings. The van der Waals surface area contributed by atoms with Gasteiger partial charge in [-0.3, -0.25) is 29.8 Å². The molecule has 12 nitrogen and oxygen atoms in total. The predicted molar refractivity (Wildman–Crippen MR) is 130 cm³/mol. The number of carbonyl (C=O) groups excluding carboxylic acids is 2. The van der Waals surface area contributed by atoms with Crippen LogP contribution in [0.3, 0.4) is 0 Å². The fraction of sp³-hybridized carbons (Fsp3) is 0.304. The van der Waals surface area contributed by atoms with Crippen LogP contribution in [0.5, 0.6) is 0 Å². The molecule has 0 aliphatic heterocycles. The zero-order chi connectivity index (χ0) is 25.5. The van der Waals surface area contributed by atoms with Gasteiger partial charge < -0.3 is 0 Å². The van der Waals surface area contributed by atoms with Crippen LogP contribution in [0.4, 0.5) is 11.4 Å². The van der Waals surface area contributed by atoms with Gasteiger partial charge in [0.25, 0.3) is 11.4 Å². The van der Waals surface area contributed by atoms with Gasteiger partial charge in [0.2, 0.25) is 11.8 Å². The number of amides is 2. The largest absolute Gasteiger partial charge is 0.273 e. The maximum absolute atomic E-state index is 11.8. The molecule has 2 amide bonds. The highest BCUT2D eigenvalue weighted by Gasteiger charge is 2.06. The van der Waals surface area contributed by atoms with Crippen molar-refractivity contribution in [1.82, 2.24) is 10.9 Å². The van der Waals surface area contributed by atoms with Crippen molar-refractivity contribution in [3.05, 3.63) is 79.9 Å². The third kappa shape index (κ3) is 10.8. The van der Waals surface area contributed by atoms with Crippen LogP contribution in [0.25, 0.3) is 0 Å². The number of hydrogen-bond acceptors (Lipinski definition) is 8. The lowest BCUT2D eigenvalue weighted by atomic mass is 10.1. The van der Waals surface area contributed by atoms with E-state index in [2.05, 4.69) is 21.1 Å². The van der Waals surface area contributed by atoms with Crippen LogP contribution in [0.2, 0.25) is 0 Å². The highest BCUT2D eigenvalue weighted by molar-refractivity contribution is 5.83. The van der Waals surface area contributed by atoms with Gasteiger partial charge in [0, 0.05) is 48.2 Å². The highest BCUT2D eigenvalue weighted by Crippen LogP contribution is 2.12. The summed E-state index contributed by atoms with van der Waals surface area (Å²) in [4.78, 5) is 44.1. The lowest BCUT2D eigenvalue weighted by Crippen LogP contribution is -2.17. The molecule has 0 fully saturated rings. The van der Waals surface area contributed by atoms with Crippen LogP contribution < -0.4 is 10.9 Å². The molecule has 0 aromatic heterocycles. The van der Waals surface area contributed by atoms with Crippen LogP contribution in [0, 0.1) is 20.2 Å². The molecule has 0 radical (unpaired) electrons. The molecule has 0 aliphatic carbocycles. The van der Waals surface area contributed by atoms with Crippen molar-refractivity contribution in [2.45, 2.75) is 44.9 Å². The first kappa shape index (κ1) is 26.8. The Bertz CT molecular complexity index is 1020. The Kier molecular flexibility index (Phi) is 11.2. The maximum atomic E-state index is 11.8. The Balaban J connectivity index is 1.52. The monoisotopic (exact) mass is 482 g/mol. The fourth-order valence-corrected chi connectivity index (χ4v) is 3.01. The fourth-order valence-electron chi connectivity index (χ4n) is 3.01. The Morgan fingerprint density at radius 3 is 1.51 bits per heavy atom. The maximum Gasteiger partial charge on any atom is 0.270 e. The van der Waals surface area contributed by atoms with Crippen molar-refractivity contribution < 1.29 is 19.4 Å². The topological polar surface area (TPSA) is 169 Å². The Labute approximate surface area is 201 Å². The number of nitro benzene ring substituents is 2. The number of nitro groups is 2. The van der Waals surface area contributed by atoms with Gasteiger partial charge in [-0.15, -0.1) is 0 Å². The number of unbranched alkanes of at least 4 members (excludes halogenated alkanes) is 4. The second-order valence-electron chi connectivity index (χ2n) is 7.56. The number of hydrazone groups is 2. The minimum Gasteiger partial charge on any atom is -0.273 e. The molecule has 2 aromatic rings. The van der Waals surface area contributed by atoms with E-state index in [0.29, 0.717) is 36.8 Å². The molecule has 12 heteroatoms. The molecule has 184 valence electrons. The van der Waals surface area contributed by atoms with E-state index < -0.39 is 9.85 Å². The van der Waals surface area contributed by atoms with E-state index in [1.54, 1.807) is 24.3 Å². The molecular weight excluding hydrogens is 456 g/mol. The average molecular weight is 482 g/mol. The Morgan fingerprint density at radius 1 is 0.714 bits per heavy atom. The summed E-state index contributed by atoms with van der Waals surface area (Å²) in [6.45, 7) is 0. The van der Waals surface area contributed by atoms with E-state index >= 15 is 0 Å². The molecular formula is C23H26N6O6. The van der Waals surface area contributed by atoms with Gasteiger partial charge in [-0.2, -0.15) is 10.2 Å². The lowest BCUT2D eigenvalue weighted by molar-refractivity contribution is -0.385. The predicted octanol–water partition coefficient (Wildman–Crippen LogP) is 3.83. The molecule has 0 spiro atoms. The zero-order valence-electron chi connectivity index (χ0n) is 19.0. The van der Waals surface area contributed by atoms with E-state index in [9.17, 15) is 29.8 Å².